The Hall–Kier alpha value is -2.99. The summed E-state index contributed by atoms with van der Waals surface area (Å²) in [5.41, 5.74) is 2.21. The zero-order valence-electron chi connectivity index (χ0n) is 14.8. The predicted molar refractivity (Wildman–Crippen MR) is 105 cm³/mol. The number of phenolic OH excluding ortho intramolecular Hbond substituents is 1. The number of hydrogen-bond acceptors (Lipinski definition) is 5. The summed E-state index contributed by atoms with van der Waals surface area (Å²) in [5.74, 6) is 1.20. The lowest BCUT2D eigenvalue weighted by Crippen LogP contribution is -2.20. The van der Waals surface area contributed by atoms with Crippen molar-refractivity contribution in [2.45, 2.75) is 13.0 Å². The zero-order chi connectivity index (χ0) is 19.1. The van der Waals surface area contributed by atoms with Gasteiger partial charge in [-0.25, -0.2) is 4.98 Å². The molecule has 1 aliphatic heterocycles. The number of methoxy groups -OCH3 is 2. The van der Waals surface area contributed by atoms with Gasteiger partial charge >= 0.3 is 0 Å². The summed E-state index contributed by atoms with van der Waals surface area (Å²) in [5, 5.41) is 11.2. The number of aromatic hydroxyl groups is 1. The highest BCUT2D eigenvalue weighted by Gasteiger charge is 2.21. The van der Waals surface area contributed by atoms with E-state index >= 15 is 0 Å². The largest absolute Gasteiger partial charge is 0.502 e. The second-order valence-corrected chi connectivity index (χ2v) is 6.68. The highest BCUT2D eigenvalue weighted by atomic mass is 35.5. The normalized spacial score (nSPS) is 14.6. The molecule has 0 amide bonds. The van der Waals surface area contributed by atoms with Crippen LogP contribution in [0, 0.1) is 0 Å². The molecule has 1 N–H and O–H groups in total. The summed E-state index contributed by atoms with van der Waals surface area (Å²) in [6, 6.07) is 8.52. The molecule has 0 atom stereocenters. The summed E-state index contributed by atoms with van der Waals surface area (Å²) in [6.45, 7) is 0.567. The monoisotopic (exact) mass is 384 g/mol. The van der Waals surface area contributed by atoms with Gasteiger partial charge < -0.3 is 14.6 Å². The first kappa shape index (κ1) is 17.4. The van der Waals surface area contributed by atoms with E-state index in [1.165, 1.54) is 14.2 Å². The van der Waals surface area contributed by atoms with Gasteiger partial charge in [0.1, 0.15) is 5.82 Å². The molecule has 0 radical (unpaired) electrons. The fourth-order valence-corrected chi connectivity index (χ4v) is 3.49. The molecule has 0 spiro atoms. The number of rotatable bonds is 3. The van der Waals surface area contributed by atoms with E-state index < -0.39 is 0 Å². The van der Waals surface area contributed by atoms with Crippen LogP contribution in [-0.4, -0.2) is 28.9 Å². The average Bonchev–Trinajstić information content (AvgIpc) is 3.05. The second kappa shape index (κ2) is 6.63. The summed E-state index contributed by atoms with van der Waals surface area (Å²) in [4.78, 5) is 17.4. The number of halogens is 1. The molecule has 0 bridgehead atoms. The average molecular weight is 385 g/mol. The van der Waals surface area contributed by atoms with Gasteiger partial charge in [0.2, 0.25) is 5.75 Å². The van der Waals surface area contributed by atoms with E-state index in [-0.39, 0.29) is 11.3 Å². The van der Waals surface area contributed by atoms with Crippen LogP contribution in [0.1, 0.15) is 17.8 Å². The van der Waals surface area contributed by atoms with E-state index in [0.29, 0.717) is 46.2 Å². The third-order valence-electron chi connectivity index (χ3n) is 4.65. The van der Waals surface area contributed by atoms with Gasteiger partial charge in [-0.3, -0.25) is 9.36 Å². The molecule has 4 rings (SSSR count). The molecular formula is C20H17ClN2O4. The van der Waals surface area contributed by atoms with Crippen molar-refractivity contribution in [2.24, 2.45) is 0 Å². The zero-order valence-corrected chi connectivity index (χ0v) is 15.6. The van der Waals surface area contributed by atoms with Crippen LogP contribution in [0.25, 0.3) is 22.6 Å². The number of phenols is 1. The van der Waals surface area contributed by atoms with Crippen molar-refractivity contribution in [1.82, 2.24) is 9.55 Å². The van der Waals surface area contributed by atoms with Crippen LogP contribution < -0.4 is 15.0 Å². The van der Waals surface area contributed by atoms with Gasteiger partial charge in [0.05, 0.1) is 25.1 Å². The summed E-state index contributed by atoms with van der Waals surface area (Å²) >= 11 is 6.05. The molecule has 0 saturated heterocycles. The number of aromatic nitrogens is 2. The van der Waals surface area contributed by atoms with Gasteiger partial charge in [-0.2, -0.15) is 0 Å². The van der Waals surface area contributed by atoms with Crippen molar-refractivity contribution >= 4 is 34.2 Å². The van der Waals surface area contributed by atoms with Crippen molar-refractivity contribution < 1.29 is 14.6 Å². The fraction of sp³-hybridized carbons (Fsp3) is 0.200. The van der Waals surface area contributed by atoms with Crippen molar-refractivity contribution in [2.75, 3.05) is 14.2 Å². The summed E-state index contributed by atoms with van der Waals surface area (Å²) in [7, 11) is 2.96. The molecule has 2 aromatic carbocycles. The van der Waals surface area contributed by atoms with Gasteiger partial charge in [-0.1, -0.05) is 11.6 Å². The van der Waals surface area contributed by atoms with E-state index in [2.05, 4.69) is 4.98 Å². The maximum atomic E-state index is 12.8. The fourth-order valence-electron chi connectivity index (χ4n) is 3.33. The summed E-state index contributed by atoms with van der Waals surface area (Å²) < 4.78 is 12.1. The first-order valence-electron chi connectivity index (χ1n) is 8.38. The minimum Gasteiger partial charge on any atom is -0.502 e. The maximum absolute atomic E-state index is 12.8. The molecule has 2 heterocycles. The Bertz CT molecular complexity index is 1130. The third-order valence-corrected chi connectivity index (χ3v) is 4.89. The van der Waals surface area contributed by atoms with Crippen LogP contribution in [0.3, 0.4) is 0 Å². The van der Waals surface area contributed by atoms with Crippen LogP contribution in [0.4, 0.5) is 0 Å². The number of benzene rings is 2. The van der Waals surface area contributed by atoms with Crippen LogP contribution in [0.2, 0.25) is 5.02 Å². The molecule has 1 aliphatic rings. The molecule has 7 heteroatoms. The highest BCUT2D eigenvalue weighted by molar-refractivity contribution is 6.31. The van der Waals surface area contributed by atoms with Crippen LogP contribution in [0.5, 0.6) is 17.2 Å². The first-order chi connectivity index (χ1) is 13.0. The number of fused-ring (bicyclic) bond motifs is 2. The lowest BCUT2D eigenvalue weighted by Gasteiger charge is -2.10. The first-order valence-corrected chi connectivity index (χ1v) is 8.75. The molecule has 0 unspecified atom stereocenters. The Morgan fingerprint density at radius 1 is 1.19 bits per heavy atom. The van der Waals surface area contributed by atoms with Gasteiger partial charge in [-0.15, -0.1) is 0 Å². The molecule has 1 aromatic heterocycles. The Balaban J connectivity index is 1.87. The minimum absolute atomic E-state index is 0.0519. The lowest BCUT2D eigenvalue weighted by atomic mass is 10.1. The van der Waals surface area contributed by atoms with Crippen LogP contribution in [0.15, 0.2) is 35.1 Å². The smallest absolute Gasteiger partial charge is 0.261 e. The number of allylic oxidation sites excluding steroid dienone is 1. The van der Waals surface area contributed by atoms with E-state index in [1.807, 2.05) is 6.08 Å². The van der Waals surface area contributed by atoms with E-state index in [1.54, 1.807) is 34.9 Å². The van der Waals surface area contributed by atoms with Crippen LogP contribution >= 0.6 is 11.6 Å². The second-order valence-electron chi connectivity index (χ2n) is 6.25. The van der Waals surface area contributed by atoms with Crippen molar-refractivity contribution in [1.29, 1.82) is 0 Å². The molecule has 3 aromatic rings. The quantitative estimate of drug-likeness (QED) is 0.745. The molecular weight excluding hydrogens is 368 g/mol. The van der Waals surface area contributed by atoms with Gasteiger partial charge in [0.15, 0.2) is 11.5 Å². The van der Waals surface area contributed by atoms with Gasteiger partial charge in [-0.05, 0) is 54.0 Å². The van der Waals surface area contributed by atoms with Crippen LogP contribution in [-0.2, 0) is 6.54 Å². The Labute approximate surface area is 160 Å². The number of ether oxygens (including phenoxy) is 2. The standard InChI is InChI=1S/C20H17ClN2O4/c1-26-16-8-11(9-17(27-2)18(16)24)7-12-5-6-23-19(12)22-15-10-13(21)3-4-14(15)20(23)25/h3-4,7-10,24H,5-6H2,1-2H3/b12-7+. The third kappa shape index (κ3) is 2.92. The lowest BCUT2D eigenvalue weighted by molar-refractivity contribution is 0.340. The summed E-state index contributed by atoms with van der Waals surface area (Å²) in [6.07, 6.45) is 2.60. The Morgan fingerprint density at radius 2 is 1.89 bits per heavy atom. The maximum Gasteiger partial charge on any atom is 0.261 e. The molecule has 0 aliphatic carbocycles. The molecule has 0 saturated carbocycles. The van der Waals surface area contributed by atoms with Crippen molar-refractivity contribution in [3.63, 3.8) is 0 Å². The molecule has 27 heavy (non-hydrogen) atoms. The van der Waals surface area contributed by atoms with E-state index in [0.717, 1.165) is 11.1 Å². The van der Waals surface area contributed by atoms with Crippen molar-refractivity contribution in [3.05, 3.63) is 57.1 Å². The molecule has 138 valence electrons. The van der Waals surface area contributed by atoms with Crippen molar-refractivity contribution in [3.8, 4) is 17.2 Å². The minimum atomic E-state index is -0.0732. The number of hydrogen-bond donors (Lipinski definition) is 1. The van der Waals surface area contributed by atoms with Gasteiger partial charge in [0, 0.05) is 11.6 Å². The predicted octanol–water partition coefficient (Wildman–Crippen LogP) is 3.72. The number of nitrogens with zero attached hydrogens (tertiary/aromatic N) is 2. The Kier molecular flexibility index (Phi) is 4.28. The topological polar surface area (TPSA) is 73.6 Å². The molecule has 6 nitrogen and oxygen atoms in total. The van der Waals surface area contributed by atoms with Gasteiger partial charge in [0.25, 0.3) is 5.56 Å². The van der Waals surface area contributed by atoms with E-state index in [9.17, 15) is 9.90 Å². The van der Waals surface area contributed by atoms with E-state index in [4.69, 9.17) is 21.1 Å². The molecule has 0 fully saturated rings. The Morgan fingerprint density at radius 3 is 2.56 bits per heavy atom. The highest BCUT2D eigenvalue weighted by Crippen LogP contribution is 2.38. The SMILES string of the molecule is COc1cc(/C=C2\CCn3c2nc2cc(Cl)ccc2c3=O)cc(OC)c1O.